The molecule has 1 aliphatic heterocycles. The van der Waals surface area contributed by atoms with E-state index in [4.69, 9.17) is 27.3 Å². The second-order valence-electron chi connectivity index (χ2n) is 10.0. The molecule has 12 heteroatoms. The summed E-state index contributed by atoms with van der Waals surface area (Å²) < 4.78 is 41.3. The van der Waals surface area contributed by atoms with Crippen LogP contribution >= 0.6 is 12.2 Å². The molecular weight excluding hydrogens is 581 g/mol. The number of nitrogens with one attached hydrogen (secondary N) is 2. The minimum atomic E-state index is -4.44. The summed E-state index contributed by atoms with van der Waals surface area (Å²) in [5.41, 5.74) is 2.14. The largest absolute Gasteiger partial charge is 0.480 e. The Labute approximate surface area is 253 Å². The van der Waals surface area contributed by atoms with Crippen molar-refractivity contribution in [3.8, 4) is 17.2 Å². The van der Waals surface area contributed by atoms with Crippen molar-refractivity contribution in [3.63, 3.8) is 0 Å². The van der Waals surface area contributed by atoms with Crippen LogP contribution in [0.1, 0.15) is 37.8 Å². The quantitative estimate of drug-likeness (QED) is 0.183. The van der Waals surface area contributed by atoms with Crippen molar-refractivity contribution in [2.75, 3.05) is 30.0 Å². The van der Waals surface area contributed by atoms with Crippen LogP contribution in [0.4, 0.5) is 24.5 Å². The first-order valence-corrected chi connectivity index (χ1v) is 13.7. The fourth-order valence-corrected chi connectivity index (χ4v) is 4.66. The number of benzene rings is 3. The molecule has 0 unspecified atom stereocenters. The molecule has 3 aromatic rings. The number of nitrogens with zero attached hydrogens (tertiary/aromatic N) is 2. The van der Waals surface area contributed by atoms with E-state index in [9.17, 15) is 22.8 Å². The third kappa shape index (κ3) is 9.01. The Balaban J connectivity index is 0.000000353. The van der Waals surface area contributed by atoms with Crippen LogP contribution in [-0.4, -0.2) is 47.4 Å². The highest BCUT2D eigenvalue weighted by atomic mass is 32.1. The van der Waals surface area contributed by atoms with Crippen molar-refractivity contribution >= 4 is 40.6 Å². The summed E-state index contributed by atoms with van der Waals surface area (Å²) in [6.07, 6.45) is -2.73. The van der Waals surface area contributed by atoms with Gasteiger partial charge in [0.1, 0.15) is 12.1 Å². The van der Waals surface area contributed by atoms with E-state index in [-0.39, 0.29) is 18.1 Å². The third-order valence-corrected chi connectivity index (χ3v) is 6.79. The summed E-state index contributed by atoms with van der Waals surface area (Å²) in [6.45, 7) is 4.71. The Morgan fingerprint density at radius 3 is 2.16 bits per heavy atom. The van der Waals surface area contributed by atoms with Gasteiger partial charge in [0.2, 0.25) is 0 Å². The average Bonchev–Trinajstić information content (AvgIpc) is 3.18. The van der Waals surface area contributed by atoms with Crippen molar-refractivity contribution in [1.29, 1.82) is 5.26 Å². The van der Waals surface area contributed by atoms with Gasteiger partial charge in [0.05, 0.1) is 17.2 Å². The van der Waals surface area contributed by atoms with Crippen LogP contribution in [-0.2, 0) is 20.5 Å². The highest BCUT2D eigenvalue weighted by Crippen LogP contribution is 2.32. The van der Waals surface area contributed by atoms with Crippen molar-refractivity contribution in [3.05, 3.63) is 83.9 Å². The number of carbonyl (C=O) groups excluding carboxylic acids is 1. The van der Waals surface area contributed by atoms with Crippen LogP contribution < -0.4 is 15.5 Å². The number of hydrogen-bond acceptors (Lipinski definition) is 6. The smallest absolute Gasteiger partial charge is 0.417 e. The first-order valence-electron chi connectivity index (χ1n) is 13.3. The molecule has 226 valence electrons. The molecule has 0 aromatic heterocycles. The van der Waals surface area contributed by atoms with Crippen molar-refractivity contribution in [2.24, 2.45) is 0 Å². The molecule has 3 aromatic carbocycles. The van der Waals surface area contributed by atoms with E-state index >= 15 is 0 Å². The Kier molecular flexibility index (Phi) is 11.2. The van der Waals surface area contributed by atoms with E-state index < -0.39 is 23.2 Å². The fraction of sp³-hybridized carbons (Fsp3) is 0.290. The summed E-state index contributed by atoms with van der Waals surface area (Å²) in [7, 11) is 0. The van der Waals surface area contributed by atoms with Gasteiger partial charge in [-0.2, -0.15) is 18.4 Å². The number of halogens is 3. The molecule has 0 radical (unpaired) electrons. The Hall–Kier alpha value is -4.47. The molecule has 8 nitrogen and oxygen atoms in total. The monoisotopic (exact) mass is 612 g/mol. The van der Waals surface area contributed by atoms with Crippen molar-refractivity contribution in [2.45, 2.75) is 38.4 Å². The van der Waals surface area contributed by atoms with Gasteiger partial charge in [-0.3, -0.25) is 4.79 Å². The Morgan fingerprint density at radius 2 is 1.65 bits per heavy atom. The molecule has 1 heterocycles. The molecular formula is C31H31F3N4O4S. The van der Waals surface area contributed by atoms with Gasteiger partial charge in [0, 0.05) is 24.5 Å². The summed E-state index contributed by atoms with van der Waals surface area (Å²) in [5, 5.41) is 23.3. The lowest BCUT2D eigenvalue weighted by Crippen LogP contribution is -2.44. The van der Waals surface area contributed by atoms with E-state index in [1.807, 2.05) is 55.1 Å². The van der Waals surface area contributed by atoms with Gasteiger partial charge in [-0.25, -0.2) is 4.79 Å². The Bertz CT molecular complexity index is 1470. The van der Waals surface area contributed by atoms with E-state index in [0.29, 0.717) is 11.7 Å². The topological polar surface area (TPSA) is 115 Å². The van der Waals surface area contributed by atoms with E-state index in [2.05, 4.69) is 22.8 Å². The molecule has 1 saturated heterocycles. The number of carboxylic acids is 1. The van der Waals surface area contributed by atoms with E-state index in [1.165, 1.54) is 18.2 Å². The molecule has 1 fully saturated rings. The molecule has 0 bridgehead atoms. The molecule has 1 aliphatic rings. The molecule has 1 amide bonds. The molecule has 0 spiro atoms. The fourth-order valence-electron chi connectivity index (χ4n) is 4.23. The normalized spacial score (nSPS) is 13.9. The lowest BCUT2D eigenvalue weighted by molar-refractivity contribution is -0.142. The number of rotatable bonds is 10. The number of thiocarbonyl (C=S) groups is 1. The van der Waals surface area contributed by atoms with Crippen LogP contribution in [0.25, 0.3) is 11.1 Å². The summed E-state index contributed by atoms with van der Waals surface area (Å²) >= 11 is 5.32. The highest BCUT2D eigenvalue weighted by molar-refractivity contribution is 7.80. The highest BCUT2D eigenvalue weighted by Gasteiger charge is 2.44. The maximum atomic E-state index is 12.1. The second kappa shape index (κ2) is 14.6. The summed E-state index contributed by atoms with van der Waals surface area (Å²) in [4.78, 5) is 24.3. The van der Waals surface area contributed by atoms with Gasteiger partial charge in [0.25, 0.3) is 5.91 Å². The standard InChI is InChI=1S/C23H27N3O4S.C8H4F3N/c1-23(2)21(29)25-22(31)26(23)19-11-7-17(8-12-19)16-5-9-18(10-6-16)24-13-3-4-14-30-15-20(27)28;9-8(10,11)7-4-2-1-3-6(7)5-12/h5-12,24H,3-4,13-15H2,1-2H3,(H,27,28)(H,25,29,31);1-4H. The number of hydrogen-bond donors (Lipinski definition) is 3. The zero-order chi connectivity index (χ0) is 31.6. The first kappa shape index (κ1) is 33.0. The van der Waals surface area contributed by atoms with Crippen LogP contribution in [0.2, 0.25) is 0 Å². The zero-order valence-electron chi connectivity index (χ0n) is 23.6. The Morgan fingerprint density at radius 1 is 1.05 bits per heavy atom. The van der Waals surface area contributed by atoms with Gasteiger partial charge >= 0.3 is 12.1 Å². The minimum absolute atomic E-state index is 0.0996. The number of alkyl halides is 3. The average molecular weight is 613 g/mol. The van der Waals surface area contributed by atoms with Crippen LogP contribution in [0.5, 0.6) is 0 Å². The maximum Gasteiger partial charge on any atom is 0.417 e. The van der Waals surface area contributed by atoms with Gasteiger partial charge in [0.15, 0.2) is 5.11 Å². The molecule has 0 aliphatic carbocycles. The van der Waals surface area contributed by atoms with E-state index in [0.717, 1.165) is 54.0 Å². The minimum Gasteiger partial charge on any atom is -0.480 e. The van der Waals surface area contributed by atoms with Crippen LogP contribution in [0, 0.1) is 11.3 Å². The van der Waals surface area contributed by atoms with Crippen LogP contribution in [0.15, 0.2) is 72.8 Å². The van der Waals surface area contributed by atoms with E-state index in [1.54, 1.807) is 0 Å². The number of aliphatic carboxylic acids is 1. The van der Waals surface area contributed by atoms with Gasteiger partial charge in [-0.15, -0.1) is 0 Å². The number of amides is 1. The SMILES string of the molecule is CC1(C)C(=O)NC(=S)N1c1ccc(-c2ccc(NCCCCOCC(=O)O)cc2)cc1.N#Cc1ccccc1C(F)(F)F. The number of carboxylic acid groups (broad SMARTS) is 1. The number of ether oxygens (including phenoxy) is 1. The maximum absolute atomic E-state index is 12.1. The first-order chi connectivity index (χ1) is 20.3. The third-order valence-electron chi connectivity index (χ3n) is 6.51. The number of unbranched alkanes of at least 4 members (excludes halogenated alkanes) is 1. The number of carbonyl (C=O) groups is 2. The van der Waals surface area contributed by atoms with Gasteiger partial charge in [-0.1, -0.05) is 36.4 Å². The number of nitriles is 1. The predicted molar refractivity (Wildman–Crippen MR) is 162 cm³/mol. The number of anilines is 2. The van der Waals surface area contributed by atoms with Crippen LogP contribution in [0.3, 0.4) is 0 Å². The van der Waals surface area contributed by atoms with Gasteiger partial charge < -0.3 is 25.4 Å². The zero-order valence-corrected chi connectivity index (χ0v) is 24.4. The second-order valence-corrected chi connectivity index (χ2v) is 10.4. The van der Waals surface area contributed by atoms with Crippen molar-refractivity contribution < 1.29 is 32.6 Å². The molecule has 4 rings (SSSR count). The van der Waals surface area contributed by atoms with Crippen molar-refractivity contribution in [1.82, 2.24) is 5.32 Å². The lowest BCUT2D eigenvalue weighted by Gasteiger charge is -2.29. The summed E-state index contributed by atoms with van der Waals surface area (Å²) in [5.74, 6) is -1.04. The molecule has 3 N–H and O–H groups in total. The molecule has 0 saturated carbocycles. The predicted octanol–water partition coefficient (Wildman–Crippen LogP) is 6.22. The molecule has 0 atom stereocenters. The van der Waals surface area contributed by atoms with Gasteiger partial charge in [-0.05, 0) is 86.4 Å². The molecule has 43 heavy (non-hydrogen) atoms. The summed E-state index contributed by atoms with van der Waals surface area (Å²) in [6, 6.07) is 22.3. The lowest BCUT2D eigenvalue weighted by atomic mass is 10.0.